The van der Waals surface area contributed by atoms with E-state index >= 15 is 0 Å². The molecule has 0 heterocycles. The summed E-state index contributed by atoms with van der Waals surface area (Å²) in [6.07, 6.45) is 6.99. The maximum Gasteiger partial charge on any atom is 0.0251 e. The molecular weight excluding hydrogens is 232 g/mol. The van der Waals surface area contributed by atoms with Gasteiger partial charge in [0.15, 0.2) is 0 Å². The van der Waals surface area contributed by atoms with Crippen LogP contribution in [0.25, 0.3) is 0 Å². The number of likely N-dealkylation sites (N-methyl/N-ethyl adjacent to an activating group) is 2. The average molecular weight is 266 g/mol. The Labute approximate surface area is 120 Å². The summed E-state index contributed by atoms with van der Waals surface area (Å²) in [5, 5.41) is 3.58. The van der Waals surface area contributed by atoms with Gasteiger partial charge >= 0.3 is 0 Å². The fourth-order valence-electron chi connectivity index (χ4n) is 3.93. The standard InChI is InChI=1S/C17H34N2/c1-12(13-7-8-13)19(6)16-11-14(17(2,3)4)9-10-15(16)18-5/h12-16,18H,7-11H2,1-6H3. The molecule has 0 aliphatic heterocycles. The van der Waals surface area contributed by atoms with Crippen LogP contribution in [0.5, 0.6) is 0 Å². The van der Waals surface area contributed by atoms with Crippen LogP contribution in [0, 0.1) is 17.3 Å². The van der Waals surface area contributed by atoms with E-state index in [-0.39, 0.29) is 0 Å². The lowest BCUT2D eigenvalue weighted by atomic mass is 9.69. The van der Waals surface area contributed by atoms with E-state index in [1.165, 1.54) is 32.1 Å². The number of rotatable bonds is 4. The van der Waals surface area contributed by atoms with E-state index in [1.807, 2.05) is 0 Å². The van der Waals surface area contributed by atoms with E-state index in [0.717, 1.165) is 23.9 Å². The van der Waals surface area contributed by atoms with E-state index in [9.17, 15) is 0 Å². The minimum absolute atomic E-state index is 0.459. The van der Waals surface area contributed by atoms with Crippen LogP contribution in [0.1, 0.15) is 59.8 Å². The smallest absolute Gasteiger partial charge is 0.0251 e. The van der Waals surface area contributed by atoms with Crippen molar-refractivity contribution < 1.29 is 0 Å². The van der Waals surface area contributed by atoms with Crippen molar-refractivity contribution >= 4 is 0 Å². The molecule has 0 aromatic heterocycles. The van der Waals surface area contributed by atoms with E-state index in [1.54, 1.807) is 0 Å². The normalized spacial score (nSPS) is 34.6. The fourth-order valence-corrected chi connectivity index (χ4v) is 3.93. The first-order chi connectivity index (χ1) is 8.84. The first-order valence-corrected chi connectivity index (χ1v) is 8.23. The van der Waals surface area contributed by atoms with Gasteiger partial charge in [0.25, 0.3) is 0 Å². The van der Waals surface area contributed by atoms with Crippen LogP contribution >= 0.6 is 0 Å². The van der Waals surface area contributed by atoms with E-state index in [4.69, 9.17) is 0 Å². The molecule has 0 aromatic carbocycles. The molecule has 1 N–H and O–H groups in total. The minimum Gasteiger partial charge on any atom is -0.315 e. The highest BCUT2D eigenvalue weighted by Crippen LogP contribution is 2.41. The molecule has 2 fully saturated rings. The summed E-state index contributed by atoms with van der Waals surface area (Å²) in [6, 6.07) is 2.17. The lowest BCUT2D eigenvalue weighted by Gasteiger charge is -2.47. The first-order valence-electron chi connectivity index (χ1n) is 8.23. The van der Waals surface area contributed by atoms with E-state index in [0.29, 0.717) is 11.5 Å². The summed E-state index contributed by atoms with van der Waals surface area (Å²) in [5.74, 6) is 1.84. The van der Waals surface area contributed by atoms with Crippen molar-refractivity contribution in [2.45, 2.75) is 77.9 Å². The Morgan fingerprint density at radius 3 is 2.21 bits per heavy atom. The van der Waals surface area contributed by atoms with Crippen LogP contribution < -0.4 is 5.32 Å². The van der Waals surface area contributed by atoms with Gasteiger partial charge in [0, 0.05) is 18.1 Å². The Balaban J connectivity index is 2.04. The zero-order valence-corrected chi connectivity index (χ0v) is 13.9. The Morgan fingerprint density at radius 2 is 1.74 bits per heavy atom. The van der Waals surface area contributed by atoms with Gasteiger partial charge in [0.05, 0.1) is 0 Å². The molecule has 4 atom stereocenters. The van der Waals surface area contributed by atoms with E-state index in [2.05, 4.69) is 52.0 Å². The molecule has 0 amide bonds. The van der Waals surface area contributed by atoms with Gasteiger partial charge in [0.1, 0.15) is 0 Å². The lowest BCUT2D eigenvalue weighted by Crippen LogP contribution is -2.55. The summed E-state index contributed by atoms with van der Waals surface area (Å²) >= 11 is 0. The third-order valence-corrected chi connectivity index (χ3v) is 5.88. The van der Waals surface area contributed by atoms with E-state index < -0.39 is 0 Å². The molecule has 19 heavy (non-hydrogen) atoms. The topological polar surface area (TPSA) is 15.3 Å². The Hall–Kier alpha value is -0.0800. The van der Waals surface area contributed by atoms with Crippen LogP contribution in [-0.2, 0) is 0 Å². The molecule has 112 valence electrons. The van der Waals surface area contributed by atoms with Crippen LogP contribution in [0.4, 0.5) is 0 Å². The van der Waals surface area contributed by atoms with Crippen molar-refractivity contribution in [2.75, 3.05) is 14.1 Å². The van der Waals surface area contributed by atoms with Gasteiger partial charge in [-0.05, 0) is 70.4 Å². The van der Waals surface area contributed by atoms with Gasteiger partial charge in [0.2, 0.25) is 0 Å². The predicted molar refractivity (Wildman–Crippen MR) is 83.4 cm³/mol. The van der Waals surface area contributed by atoms with Gasteiger partial charge in [-0.1, -0.05) is 20.8 Å². The lowest BCUT2D eigenvalue weighted by molar-refractivity contribution is 0.0504. The fraction of sp³-hybridized carbons (Fsp3) is 1.00. The van der Waals surface area contributed by atoms with Crippen molar-refractivity contribution in [3.63, 3.8) is 0 Å². The molecule has 0 spiro atoms. The Kier molecular flexibility index (Phi) is 4.62. The molecule has 2 nitrogen and oxygen atoms in total. The van der Waals surface area contributed by atoms with Crippen molar-refractivity contribution in [1.29, 1.82) is 0 Å². The zero-order chi connectivity index (χ0) is 14.2. The van der Waals surface area contributed by atoms with Crippen LogP contribution in [0.2, 0.25) is 0 Å². The molecular formula is C17H34N2. The van der Waals surface area contributed by atoms with Gasteiger partial charge in [-0.2, -0.15) is 0 Å². The summed E-state index contributed by atoms with van der Waals surface area (Å²) in [6.45, 7) is 9.68. The highest BCUT2D eigenvalue weighted by Gasteiger charge is 2.40. The Morgan fingerprint density at radius 1 is 1.11 bits per heavy atom. The highest BCUT2D eigenvalue weighted by molar-refractivity contribution is 4.96. The number of hydrogen-bond donors (Lipinski definition) is 1. The summed E-state index contributed by atoms with van der Waals surface area (Å²) < 4.78 is 0. The number of nitrogens with zero attached hydrogens (tertiary/aromatic N) is 1. The second kappa shape index (κ2) is 5.73. The molecule has 2 rings (SSSR count). The molecule has 2 aliphatic rings. The second-order valence-corrected chi connectivity index (χ2v) is 8.08. The minimum atomic E-state index is 0.459. The summed E-state index contributed by atoms with van der Waals surface area (Å²) in [5.41, 5.74) is 0.459. The van der Waals surface area contributed by atoms with Gasteiger partial charge < -0.3 is 5.32 Å². The largest absolute Gasteiger partial charge is 0.315 e. The zero-order valence-electron chi connectivity index (χ0n) is 13.9. The quantitative estimate of drug-likeness (QED) is 0.837. The van der Waals surface area contributed by atoms with Crippen LogP contribution in [0.15, 0.2) is 0 Å². The maximum atomic E-state index is 3.58. The molecule has 0 saturated heterocycles. The van der Waals surface area contributed by atoms with Gasteiger partial charge in [-0.3, -0.25) is 4.90 Å². The summed E-state index contributed by atoms with van der Waals surface area (Å²) in [4.78, 5) is 2.69. The maximum absolute atomic E-state index is 3.58. The second-order valence-electron chi connectivity index (χ2n) is 8.08. The van der Waals surface area contributed by atoms with Gasteiger partial charge in [-0.15, -0.1) is 0 Å². The SMILES string of the molecule is CNC1CCC(C(C)(C)C)CC1N(C)C(C)C1CC1. The first kappa shape index (κ1) is 15.3. The molecule has 2 aliphatic carbocycles. The molecule has 4 unspecified atom stereocenters. The third kappa shape index (κ3) is 3.52. The monoisotopic (exact) mass is 266 g/mol. The molecule has 0 aromatic rings. The molecule has 0 radical (unpaired) electrons. The Bertz CT molecular complexity index is 290. The van der Waals surface area contributed by atoms with Crippen molar-refractivity contribution in [3.8, 4) is 0 Å². The predicted octanol–water partition coefficient (Wildman–Crippen LogP) is 3.52. The molecule has 2 saturated carbocycles. The molecule has 0 bridgehead atoms. The average Bonchev–Trinajstić information content (AvgIpc) is 3.19. The van der Waals surface area contributed by atoms with Gasteiger partial charge in [-0.25, -0.2) is 0 Å². The molecule has 2 heteroatoms. The van der Waals surface area contributed by atoms with Crippen LogP contribution in [-0.4, -0.2) is 37.1 Å². The summed E-state index contributed by atoms with van der Waals surface area (Å²) in [7, 11) is 4.51. The van der Waals surface area contributed by atoms with Crippen molar-refractivity contribution in [1.82, 2.24) is 10.2 Å². The van der Waals surface area contributed by atoms with Crippen LogP contribution in [0.3, 0.4) is 0 Å². The number of nitrogens with one attached hydrogen (secondary N) is 1. The van der Waals surface area contributed by atoms with Crippen molar-refractivity contribution in [2.24, 2.45) is 17.3 Å². The highest BCUT2D eigenvalue weighted by atomic mass is 15.2. The third-order valence-electron chi connectivity index (χ3n) is 5.88. The van der Waals surface area contributed by atoms with Crippen molar-refractivity contribution in [3.05, 3.63) is 0 Å². The number of hydrogen-bond acceptors (Lipinski definition) is 2.